The summed E-state index contributed by atoms with van der Waals surface area (Å²) >= 11 is 0. The Bertz CT molecular complexity index is 456. The maximum Gasteiger partial charge on any atom is 0.338 e. The highest BCUT2D eigenvalue weighted by Gasteiger charge is 2.16. The number of esters is 1. The molecule has 1 aromatic rings. The van der Waals surface area contributed by atoms with Gasteiger partial charge in [0.25, 0.3) is 6.43 Å². The molecule has 0 aliphatic rings. The monoisotopic (exact) mass is 256 g/mol. The Kier molecular flexibility index (Phi) is 4.95. The van der Waals surface area contributed by atoms with E-state index in [9.17, 15) is 18.4 Å². The molecular weight excluding hydrogens is 242 g/mol. The van der Waals surface area contributed by atoms with Crippen LogP contribution in [0, 0.1) is 0 Å². The summed E-state index contributed by atoms with van der Waals surface area (Å²) in [6.45, 7) is 3.39. The van der Waals surface area contributed by atoms with Crippen molar-refractivity contribution >= 4 is 11.8 Å². The van der Waals surface area contributed by atoms with E-state index in [0.717, 1.165) is 12.1 Å². The predicted molar refractivity (Wildman–Crippen MR) is 62.0 cm³/mol. The van der Waals surface area contributed by atoms with Gasteiger partial charge in [-0.05, 0) is 25.1 Å². The van der Waals surface area contributed by atoms with E-state index in [1.807, 2.05) is 0 Å². The molecule has 0 aliphatic carbocycles. The summed E-state index contributed by atoms with van der Waals surface area (Å²) in [6, 6.07) is 3.45. The Balaban J connectivity index is 3.22. The van der Waals surface area contributed by atoms with Crippen LogP contribution in [0.2, 0.25) is 0 Å². The quantitative estimate of drug-likeness (QED) is 0.599. The number of carbonyl (C=O) groups excluding carboxylic acids is 2. The highest BCUT2D eigenvalue weighted by atomic mass is 19.3. The van der Waals surface area contributed by atoms with Crippen LogP contribution in [-0.2, 0) is 4.74 Å². The lowest BCUT2D eigenvalue weighted by atomic mass is 10.0. The molecule has 1 aromatic carbocycles. The number of hydrogen-bond donors (Lipinski definition) is 0. The molecule has 0 aliphatic heterocycles. The lowest BCUT2D eigenvalue weighted by molar-refractivity contribution is 0.0526. The van der Waals surface area contributed by atoms with E-state index in [1.165, 1.54) is 6.07 Å². The summed E-state index contributed by atoms with van der Waals surface area (Å²) in [7, 11) is 0. The van der Waals surface area contributed by atoms with Crippen molar-refractivity contribution in [3.63, 3.8) is 0 Å². The predicted octanol–water partition coefficient (Wildman–Crippen LogP) is 3.39. The second-order valence-corrected chi connectivity index (χ2v) is 3.64. The number of ketones is 1. The second kappa shape index (κ2) is 6.23. The van der Waals surface area contributed by atoms with Crippen molar-refractivity contribution in [2.45, 2.75) is 26.7 Å². The van der Waals surface area contributed by atoms with Crippen LogP contribution in [0.25, 0.3) is 0 Å². The highest BCUT2D eigenvalue weighted by molar-refractivity contribution is 5.99. The third-order valence-corrected chi connectivity index (χ3v) is 2.36. The van der Waals surface area contributed by atoms with Gasteiger partial charge in [0.05, 0.1) is 12.2 Å². The van der Waals surface area contributed by atoms with Crippen LogP contribution < -0.4 is 0 Å². The standard InChI is InChI=1S/C13H14F2O3/c1-3-11(16)8-5-9(12(14)15)7-10(6-8)13(17)18-4-2/h5-7,12H,3-4H2,1-2H3. The van der Waals surface area contributed by atoms with Crippen LogP contribution in [0.3, 0.4) is 0 Å². The average molecular weight is 256 g/mol. The smallest absolute Gasteiger partial charge is 0.338 e. The van der Waals surface area contributed by atoms with Gasteiger partial charge >= 0.3 is 5.97 Å². The minimum atomic E-state index is -2.73. The van der Waals surface area contributed by atoms with Gasteiger partial charge in [-0.25, -0.2) is 13.6 Å². The first kappa shape index (κ1) is 14.3. The number of carbonyl (C=O) groups is 2. The Labute approximate surface area is 104 Å². The van der Waals surface area contributed by atoms with E-state index in [-0.39, 0.29) is 35.5 Å². The molecule has 0 unspecified atom stereocenters. The van der Waals surface area contributed by atoms with E-state index < -0.39 is 12.4 Å². The third-order valence-electron chi connectivity index (χ3n) is 2.36. The van der Waals surface area contributed by atoms with Crippen molar-refractivity contribution in [2.24, 2.45) is 0 Å². The van der Waals surface area contributed by atoms with Crippen LogP contribution in [-0.4, -0.2) is 18.4 Å². The fourth-order valence-corrected chi connectivity index (χ4v) is 1.48. The zero-order valence-electron chi connectivity index (χ0n) is 10.2. The Hall–Kier alpha value is -1.78. The third kappa shape index (κ3) is 3.35. The Morgan fingerprint density at radius 1 is 1.17 bits per heavy atom. The molecule has 0 radical (unpaired) electrons. The molecule has 0 saturated carbocycles. The number of ether oxygens (including phenoxy) is 1. The van der Waals surface area contributed by atoms with Gasteiger partial charge in [-0.15, -0.1) is 0 Å². The van der Waals surface area contributed by atoms with E-state index in [1.54, 1.807) is 13.8 Å². The molecule has 0 saturated heterocycles. The lowest BCUT2D eigenvalue weighted by Gasteiger charge is -2.08. The van der Waals surface area contributed by atoms with Crippen LogP contribution in [0.5, 0.6) is 0 Å². The number of benzene rings is 1. The lowest BCUT2D eigenvalue weighted by Crippen LogP contribution is -2.08. The van der Waals surface area contributed by atoms with Crippen molar-refractivity contribution in [1.82, 2.24) is 0 Å². The van der Waals surface area contributed by atoms with Gasteiger partial charge in [-0.2, -0.15) is 0 Å². The summed E-state index contributed by atoms with van der Waals surface area (Å²) in [5, 5.41) is 0. The molecule has 0 fully saturated rings. The van der Waals surface area contributed by atoms with E-state index in [4.69, 9.17) is 4.74 Å². The molecule has 0 spiro atoms. The first-order chi connectivity index (χ1) is 8.49. The van der Waals surface area contributed by atoms with Crippen molar-refractivity contribution < 1.29 is 23.1 Å². The molecule has 0 bridgehead atoms. The molecule has 0 heterocycles. The number of halogens is 2. The van der Waals surface area contributed by atoms with E-state index in [0.29, 0.717) is 0 Å². The zero-order chi connectivity index (χ0) is 13.7. The topological polar surface area (TPSA) is 43.4 Å². The first-order valence-corrected chi connectivity index (χ1v) is 5.63. The van der Waals surface area contributed by atoms with Gasteiger partial charge in [0.15, 0.2) is 5.78 Å². The Morgan fingerprint density at radius 2 is 1.78 bits per heavy atom. The molecule has 98 valence electrons. The van der Waals surface area contributed by atoms with E-state index >= 15 is 0 Å². The summed E-state index contributed by atoms with van der Waals surface area (Å²) in [6.07, 6.45) is -2.54. The minimum absolute atomic E-state index is 0.0218. The molecule has 0 aromatic heterocycles. The molecule has 0 atom stereocenters. The number of alkyl halides is 2. The number of rotatable bonds is 5. The highest BCUT2D eigenvalue weighted by Crippen LogP contribution is 2.23. The number of Topliss-reactive ketones (excluding diaryl/α,β-unsaturated/α-hetero) is 1. The van der Waals surface area contributed by atoms with Crippen LogP contribution in [0.1, 0.15) is 53.0 Å². The van der Waals surface area contributed by atoms with Crippen molar-refractivity contribution in [3.05, 3.63) is 34.9 Å². The average Bonchev–Trinajstić information content (AvgIpc) is 2.37. The van der Waals surface area contributed by atoms with Crippen molar-refractivity contribution in [2.75, 3.05) is 6.61 Å². The normalized spacial score (nSPS) is 10.5. The fraction of sp³-hybridized carbons (Fsp3) is 0.385. The summed E-state index contributed by atoms with van der Waals surface area (Å²) in [5.41, 5.74) is -0.262. The van der Waals surface area contributed by atoms with Gasteiger partial charge in [0.1, 0.15) is 0 Å². The first-order valence-electron chi connectivity index (χ1n) is 5.63. The van der Waals surface area contributed by atoms with Crippen LogP contribution in [0.15, 0.2) is 18.2 Å². The van der Waals surface area contributed by atoms with Gasteiger partial charge in [0.2, 0.25) is 0 Å². The van der Waals surface area contributed by atoms with Gasteiger partial charge in [-0.3, -0.25) is 4.79 Å². The molecule has 1 rings (SSSR count). The SMILES string of the molecule is CCOC(=O)c1cc(C(=O)CC)cc(C(F)F)c1. The molecule has 18 heavy (non-hydrogen) atoms. The molecule has 0 N–H and O–H groups in total. The maximum atomic E-state index is 12.7. The molecule has 0 amide bonds. The number of hydrogen-bond acceptors (Lipinski definition) is 3. The zero-order valence-corrected chi connectivity index (χ0v) is 10.2. The largest absolute Gasteiger partial charge is 0.462 e. The summed E-state index contributed by atoms with van der Waals surface area (Å²) in [4.78, 5) is 23.0. The van der Waals surface area contributed by atoms with Gasteiger partial charge in [-0.1, -0.05) is 6.92 Å². The van der Waals surface area contributed by atoms with Gasteiger partial charge < -0.3 is 4.74 Å². The van der Waals surface area contributed by atoms with Crippen molar-refractivity contribution in [1.29, 1.82) is 0 Å². The van der Waals surface area contributed by atoms with Crippen molar-refractivity contribution in [3.8, 4) is 0 Å². The second-order valence-electron chi connectivity index (χ2n) is 3.64. The van der Waals surface area contributed by atoms with E-state index in [2.05, 4.69) is 0 Å². The summed E-state index contributed by atoms with van der Waals surface area (Å²) < 4.78 is 30.1. The Morgan fingerprint density at radius 3 is 2.28 bits per heavy atom. The molecular formula is C13H14F2O3. The van der Waals surface area contributed by atoms with Crippen LogP contribution in [0.4, 0.5) is 8.78 Å². The van der Waals surface area contributed by atoms with Gasteiger partial charge in [0, 0.05) is 17.5 Å². The summed E-state index contributed by atoms with van der Waals surface area (Å²) in [5.74, 6) is -0.992. The maximum absolute atomic E-state index is 12.7. The minimum Gasteiger partial charge on any atom is -0.462 e. The molecule has 5 heteroatoms. The van der Waals surface area contributed by atoms with Crippen LogP contribution >= 0.6 is 0 Å². The fourth-order valence-electron chi connectivity index (χ4n) is 1.48. The molecule has 3 nitrogen and oxygen atoms in total.